The highest BCUT2D eigenvalue weighted by Crippen LogP contribution is 2.34. The largest absolute Gasteiger partial charge is 0.322 e. The van der Waals surface area contributed by atoms with E-state index in [4.69, 9.17) is 0 Å². The molecule has 7 nitrogen and oxygen atoms in total. The van der Waals surface area contributed by atoms with Crippen LogP contribution in [0.15, 0.2) is 23.6 Å². The maximum Gasteiger partial charge on any atom is 0.256 e. The van der Waals surface area contributed by atoms with Gasteiger partial charge in [0.1, 0.15) is 6.04 Å². The molecule has 2 aliphatic rings. The van der Waals surface area contributed by atoms with Crippen molar-refractivity contribution in [2.45, 2.75) is 71.4 Å². The Labute approximate surface area is 202 Å². The van der Waals surface area contributed by atoms with Gasteiger partial charge in [0.05, 0.1) is 5.56 Å². The van der Waals surface area contributed by atoms with Crippen LogP contribution >= 0.6 is 11.3 Å². The summed E-state index contributed by atoms with van der Waals surface area (Å²) in [5.74, 6) is -1.97. The summed E-state index contributed by atoms with van der Waals surface area (Å²) in [4.78, 5) is 64.3. The number of thiophene rings is 1. The van der Waals surface area contributed by atoms with Gasteiger partial charge in [-0.15, -0.1) is 11.3 Å². The molecule has 1 fully saturated rings. The van der Waals surface area contributed by atoms with Gasteiger partial charge in [0.15, 0.2) is 0 Å². The maximum absolute atomic E-state index is 12.8. The van der Waals surface area contributed by atoms with Crippen molar-refractivity contribution < 1.29 is 24.0 Å². The summed E-state index contributed by atoms with van der Waals surface area (Å²) >= 11 is 1.40. The molecule has 3 heterocycles. The zero-order valence-electron chi connectivity index (χ0n) is 19.8. The van der Waals surface area contributed by atoms with Gasteiger partial charge in [0.25, 0.3) is 5.91 Å². The second-order valence-corrected chi connectivity index (χ2v) is 10.9. The number of imide groups is 1. The number of Topliss-reactive ketones (excluding diaryl/α,β-unsaturated/α-hetero) is 2. The van der Waals surface area contributed by atoms with Gasteiger partial charge in [-0.1, -0.05) is 32.9 Å². The fourth-order valence-electron chi connectivity index (χ4n) is 4.76. The smallest absolute Gasteiger partial charge is 0.256 e. The van der Waals surface area contributed by atoms with Crippen LogP contribution in [0.1, 0.15) is 82.3 Å². The number of piperidine rings is 1. The first-order valence-corrected chi connectivity index (χ1v) is 12.3. The van der Waals surface area contributed by atoms with Crippen molar-refractivity contribution in [2.24, 2.45) is 0 Å². The highest BCUT2D eigenvalue weighted by molar-refractivity contribution is 7.10. The molecule has 1 aromatic carbocycles. The lowest BCUT2D eigenvalue weighted by atomic mass is 9.83. The summed E-state index contributed by atoms with van der Waals surface area (Å²) in [6, 6.07) is 4.74. The van der Waals surface area contributed by atoms with Crippen LogP contribution < -0.4 is 5.32 Å². The zero-order chi connectivity index (χ0) is 24.8. The molecule has 4 rings (SSSR count). The van der Waals surface area contributed by atoms with E-state index < -0.39 is 23.5 Å². The van der Waals surface area contributed by atoms with Crippen molar-refractivity contribution in [3.05, 3.63) is 56.3 Å². The first kappa shape index (κ1) is 24.0. The molecule has 2 aromatic rings. The second kappa shape index (κ2) is 8.91. The minimum atomic E-state index is -0.669. The van der Waals surface area contributed by atoms with E-state index in [1.165, 1.54) is 16.2 Å². The van der Waals surface area contributed by atoms with E-state index >= 15 is 0 Å². The minimum Gasteiger partial charge on any atom is -0.322 e. The predicted molar refractivity (Wildman–Crippen MR) is 128 cm³/mol. The average molecular weight is 481 g/mol. The third kappa shape index (κ3) is 4.46. The molecule has 0 radical (unpaired) electrons. The van der Waals surface area contributed by atoms with E-state index in [1.807, 2.05) is 13.0 Å². The Morgan fingerprint density at radius 3 is 2.56 bits per heavy atom. The Morgan fingerprint density at radius 2 is 1.91 bits per heavy atom. The number of ketones is 2. The molecule has 0 bridgehead atoms. The van der Waals surface area contributed by atoms with Crippen LogP contribution in [-0.2, 0) is 32.8 Å². The number of carbonyl (C=O) groups excluding carboxylic acids is 5. The topological polar surface area (TPSA) is 101 Å². The van der Waals surface area contributed by atoms with E-state index in [0.29, 0.717) is 24.0 Å². The Kier molecular flexibility index (Phi) is 6.29. The summed E-state index contributed by atoms with van der Waals surface area (Å²) < 4.78 is 0. The Hall–Kier alpha value is -3.13. The molecular weight excluding hydrogens is 452 g/mol. The fourth-order valence-corrected chi connectivity index (χ4v) is 5.80. The molecule has 1 N–H and O–H groups in total. The lowest BCUT2D eigenvalue weighted by Crippen LogP contribution is -2.52. The number of amides is 3. The summed E-state index contributed by atoms with van der Waals surface area (Å²) in [7, 11) is 0. The van der Waals surface area contributed by atoms with E-state index in [2.05, 4.69) is 26.1 Å². The van der Waals surface area contributed by atoms with Gasteiger partial charge in [-0.05, 0) is 47.9 Å². The summed E-state index contributed by atoms with van der Waals surface area (Å²) in [6.07, 6.45) is 0.922. The molecule has 34 heavy (non-hydrogen) atoms. The maximum atomic E-state index is 12.8. The standard InChI is InChI=1S/C26H28N2O5S/c1-14-11-15(5-6-18(14)26(2,3)4)23(31)20(29)8-9-21-16-12-28(25(33)17(16)13-34-21)19-7-10-22(30)27-24(19)32/h5-6,11,13,19H,7-10,12H2,1-4H3,(H,27,30,32). The number of nitrogens with zero attached hydrogens (tertiary/aromatic N) is 1. The number of rotatable bonds is 6. The Balaban J connectivity index is 1.42. The first-order chi connectivity index (χ1) is 16.0. The molecule has 1 unspecified atom stereocenters. The Bertz CT molecular complexity index is 1220. The Morgan fingerprint density at radius 1 is 1.18 bits per heavy atom. The molecule has 3 amide bonds. The van der Waals surface area contributed by atoms with Crippen molar-refractivity contribution in [1.82, 2.24) is 10.2 Å². The van der Waals surface area contributed by atoms with Gasteiger partial charge in [-0.25, -0.2) is 0 Å². The van der Waals surface area contributed by atoms with Crippen LogP contribution in [0.25, 0.3) is 0 Å². The molecular formula is C26H28N2O5S. The van der Waals surface area contributed by atoms with Crippen LogP contribution in [0.5, 0.6) is 0 Å². The summed E-state index contributed by atoms with van der Waals surface area (Å²) in [5, 5.41) is 4.04. The highest BCUT2D eigenvalue weighted by atomic mass is 32.1. The van der Waals surface area contributed by atoms with Crippen LogP contribution in [0.4, 0.5) is 0 Å². The number of hydrogen-bond donors (Lipinski definition) is 1. The monoisotopic (exact) mass is 480 g/mol. The van der Waals surface area contributed by atoms with Gasteiger partial charge < -0.3 is 4.90 Å². The van der Waals surface area contributed by atoms with Crippen LogP contribution in [0.2, 0.25) is 0 Å². The van der Waals surface area contributed by atoms with Crippen molar-refractivity contribution in [3.63, 3.8) is 0 Å². The van der Waals surface area contributed by atoms with E-state index in [0.717, 1.165) is 21.6 Å². The third-order valence-corrected chi connectivity index (χ3v) is 7.60. The van der Waals surface area contributed by atoms with E-state index in [9.17, 15) is 24.0 Å². The minimum absolute atomic E-state index is 0.0473. The van der Waals surface area contributed by atoms with Gasteiger partial charge in [0.2, 0.25) is 23.4 Å². The molecule has 178 valence electrons. The first-order valence-electron chi connectivity index (χ1n) is 11.4. The fraction of sp³-hybridized carbons (Fsp3) is 0.423. The highest BCUT2D eigenvalue weighted by Gasteiger charge is 2.40. The summed E-state index contributed by atoms with van der Waals surface area (Å²) in [6.45, 7) is 8.53. The molecule has 8 heteroatoms. The quantitative estimate of drug-likeness (QED) is 0.387. The third-order valence-electron chi connectivity index (χ3n) is 6.52. The molecule has 1 saturated heterocycles. The molecule has 1 aromatic heterocycles. The van der Waals surface area contributed by atoms with E-state index in [-0.39, 0.29) is 36.6 Å². The number of nitrogens with one attached hydrogen (secondary N) is 1. The number of aryl methyl sites for hydroxylation is 2. The lowest BCUT2D eigenvalue weighted by molar-refractivity contribution is -0.136. The number of carbonyl (C=O) groups is 5. The van der Waals surface area contributed by atoms with Crippen molar-refractivity contribution in [3.8, 4) is 0 Å². The SMILES string of the molecule is Cc1cc(C(=O)C(=O)CCc2scc3c2CN(C2CCC(=O)NC2=O)C3=O)ccc1C(C)(C)C. The van der Waals surface area contributed by atoms with Crippen molar-refractivity contribution >= 4 is 40.6 Å². The molecule has 0 saturated carbocycles. The molecule has 0 spiro atoms. The lowest BCUT2D eigenvalue weighted by Gasteiger charge is -2.29. The van der Waals surface area contributed by atoms with E-state index in [1.54, 1.807) is 17.5 Å². The van der Waals surface area contributed by atoms with Crippen LogP contribution in [-0.4, -0.2) is 40.2 Å². The average Bonchev–Trinajstić information content (AvgIpc) is 3.30. The second-order valence-electron chi connectivity index (χ2n) is 9.98. The van der Waals surface area contributed by atoms with Crippen LogP contribution in [0, 0.1) is 6.92 Å². The summed E-state index contributed by atoms with van der Waals surface area (Å²) in [5.41, 5.74) is 3.81. The zero-order valence-corrected chi connectivity index (χ0v) is 20.6. The van der Waals surface area contributed by atoms with Gasteiger partial charge in [-0.2, -0.15) is 0 Å². The van der Waals surface area contributed by atoms with Crippen molar-refractivity contribution in [2.75, 3.05) is 0 Å². The number of benzene rings is 1. The number of hydrogen-bond acceptors (Lipinski definition) is 6. The van der Waals surface area contributed by atoms with Crippen molar-refractivity contribution in [1.29, 1.82) is 0 Å². The molecule has 2 aliphatic heterocycles. The van der Waals surface area contributed by atoms with Gasteiger partial charge in [0, 0.05) is 35.2 Å². The number of fused-ring (bicyclic) bond motifs is 1. The molecule has 1 atom stereocenters. The normalized spacial score (nSPS) is 18.2. The van der Waals surface area contributed by atoms with Gasteiger partial charge in [-0.3, -0.25) is 29.3 Å². The van der Waals surface area contributed by atoms with Gasteiger partial charge >= 0.3 is 0 Å². The predicted octanol–water partition coefficient (Wildman–Crippen LogP) is 3.50. The molecule has 0 aliphatic carbocycles. The van der Waals surface area contributed by atoms with Crippen LogP contribution in [0.3, 0.4) is 0 Å².